The van der Waals surface area contributed by atoms with Crippen molar-refractivity contribution in [2.45, 2.75) is 77.6 Å². The number of ketones is 1. The second-order valence-corrected chi connectivity index (χ2v) is 11.6. The van der Waals surface area contributed by atoms with Crippen LogP contribution in [-0.2, 0) is 4.79 Å². The number of aliphatic imine (C=N–C) groups is 1. The molecule has 1 N–H and O–H groups in total. The van der Waals surface area contributed by atoms with Crippen molar-refractivity contribution in [1.29, 1.82) is 0 Å². The summed E-state index contributed by atoms with van der Waals surface area (Å²) in [4.78, 5) is 17.7. The Balaban J connectivity index is 1.39. The molecule has 0 aliphatic heterocycles. The summed E-state index contributed by atoms with van der Waals surface area (Å²) in [5.74, 6) is 49.8. The molecule has 1 aromatic carbocycles. The van der Waals surface area contributed by atoms with E-state index < -0.39 is 0 Å². The number of aliphatic hydroxyl groups excluding tert-OH is 1. The Hall–Kier alpha value is -7.72. The van der Waals surface area contributed by atoms with Gasteiger partial charge in [0, 0.05) is 77.6 Å². The predicted octanol–water partition coefficient (Wildman–Crippen LogP) is 7.72. The normalized spacial score (nSPS) is 10.9. The highest BCUT2D eigenvalue weighted by molar-refractivity contribution is 6.39. The summed E-state index contributed by atoms with van der Waals surface area (Å²) in [5, 5.41) is 10.8. The molecule has 0 saturated carbocycles. The molecule has 3 rings (SSSR count). The number of terminal acetylenes is 1. The Labute approximate surface area is 327 Å². The van der Waals surface area contributed by atoms with Crippen molar-refractivity contribution in [2.24, 2.45) is 4.99 Å². The van der Waals surface area contributed by atoms with E-state index in [9.17, 15) is 9.90 Å². The van der Waals surface area contributed by atoms with Crippen LogP contribution in [0.15, 0.2) is 70.5 Å². The van der Waals surface area contributed by atoms with Crippen molar-refractivity contribution < 1.29 is 14.6 Å². The van der Waals surface area contributed by atoms with Gasteiger partial charge in [0.1, 0.15) is 17.6 Å². The molecule has 0 radical (unpaired) electrons. The molecule has 4 nitrogen and oxygen atoms in total. The third-order valence-corrected chi connectivity index (χ3v) is 7.70. The summed E-state index contributed by atoms with van der Waals surface area (Å²) in [6.45, 7) is 3.05. The topological polar surface area (TPSA) is 58.9 Å². The van der Waals surface area contributed by atoms with E-state index in [1.807, 2.05) is 24.3 Å². The first kappa shape index (κ1) is 41.7. The van der Waals surface area contributed by atoms with E-state index in [2.05, 4.69) is 136 Å². The third kappa shape index (κ3) is 16.9. The Morgan fingerprint density at radius 1 is 0.564 bits per heavy atom. The zero-order chi connectivity index (χ0) is 39.0. The van der Waals surface area contributed by atoms with Crippen LogP contribution >= 0.6 is 0 Å². The molecule has 0 unspecified atom stereocenters. The van der Waals surface area contributed by atoms with Crippen molar-refractivity contribution in [2.75, 3.05) is 6.54 Å². The fourth-order valence-corrected chi connectivity index (χ4v) is 5.02. The number of rotatable bonds is 14. The third-order valence-electron chi connectivity index (χ3n) is 7.70. The van der Waals surface area contributed by atoms with Gasteiger partial charge in [-0.05, 0) is 89.2 Å². The maximum atomic E-state index is 13.0. The number of ether oxygens (including phenoxy) is 1. The quantitative estimate of drug-likeness (QED) is 0.122. The number of hydrogen-bond acceptors (Lipinski definition) is 4. The van der Waals surface area contributed by atoms with Gasteiger partial charge in [0.05, 0.1) is 16.9 Å². The maximum absolute atomic E-state index is 13.0. The number of unbranched alkanes of at least 4 members (excludes halogenated alkanes) is 10. The van der Waals surface area contributed by atoms with Gasteiger partial charge in [-0.1, -0.05) is 95.4 Å². The lowest BCUT2D eigenvalue weighted by atomic mass is 9.80. The first-order chi connectivity index (χ1) is 27.2. The number of aliphatic hydroxyl groups is 1. The predicted molar refractivity (Wildman–Crippen MR) is 222 cm³/mol. The molecule has 0 heterocycles. The van der Waals surface area contributed by atoms with Crippen molar-refractivity contribution in [3.63, 3.8) is 0 Å². The molecule has 0 atom stereocenters. The van der Waals surface area contributed by atoms with Gasteiger partial charge in [0.25, 0.3) is 0 Å². The van der Waals surface area contributed by atoms with Crippen LogP contribution in [0.4, 0.5) is 0 Å². The molecule has 264 valence electrons. The van der Waals surface area contributed by atoms with Crippen molar-refractivity contribution in [3.8, 4) is 137 Å². The monoisotopic (exact) mass is 711 g/mol. The van der Waals surface area contributed by atoms with Gasteiger partial charge in [-0.2, -0.15) is 0 Å². The number of hydrogen-bond donors (Lipinski definition) is 1. The highest BCUT2D eigenvalue weighted by Crippen LogP contribution is 2.39. The largest absolute Gasteiger partial charge is 0.506 e. The van der Waals surface area contributed by atoms with E-state index in [0.717, 1.165) is 18.7 Å². The summed E-state index contributed by atoms with van der Waals surface area (Å²) < 4.78 is 5.38. The Bertz CT molecular complexity index is 2430. The van der Waals surface area contributed by atoms with Gasteiger partial charge in [-0.15, -0.1) is 6.42 Å². The van der Waals surface area contributed by atoms with Gasteiger partial charge in [0.2, 0.25) is 5.78 Å². The molecular weight excluding hydrogens is 675 g/mol. The minimum Gasteiger partial charge on any atom is -0.506 e. The molecule has 0 amide bonds. The first-order valence-electron chi connectivity index (χ1n) is 18.0. The fourth-order valence-electron chi connectivity index (χ4n) is 5.02. The average Bonchev–Trinajstić information content (AvgIpc) is 3.20. The molecule has 0 saturated heterocycles. The average molecular weight is 712 g/mol. The molecule has 55 heavy (non-hydrogen) atoms. The number of Topliss-reactive ketones (excluding diaryl/α,β-unsaturated/α-hetero) is 1. The maximum Gasteiger partial charge on any atom is 0.201 e. The molecule has 0 fully saturated rings. The van der Waals surface area contributed by atoms with E-state index in [1.54, 1.807) is 24.3 Å². The molecule has 0 aromatic heterocycles. The highest BCUT2D eigenvalue weighted by atomic mass is 16.5. The molecule has 1 aromatic rings. The second-order valence-electron chi connectivity index (χ2n) is 11.6. The number of carbonyl (C=O) groups is 1. The van der Waals surface area contributed by atoms with Crippen LogP contribution in [0.3, 0.4) is 0 Å². The van der Waals surface area contributed by atoms with Crippen LogP contribution in [0.25, 0.3) is 5.57 Å². The van der Waals surface area contributed by atoms with E-state index in [1.165, 1.54) is 64.2 Å². The number of carbonyl (C=O) groups excluding carboxylic acids is 1. The lowest BCUT2D eigenvalue weighted by Crippen LogP contribution is -2.22. The lowest BCUT2D eigenvalue weighted by molar-refractivity contribution is -0.111. The Kier molecular flexibility index (Phi) is 20.5. The Morgan fingerprint density at radius 2 is 1.00 bits per heavy atom. The van der Waals surface area contributed by atoms with Crippen molar-refractivity contribution >= 4 is 17.1 Å². The van der Waals surface area contributed by atoms with Gasteiger partial charge in [-0.25, -0.2) is 0 Å². The molecule has 0 bridgehead atoms. The number of allylic oxidation sites excluding steroid dienone is 7. The summed E-state index contributed by atoms with van der Waals surface area (Å²) >= 11 is 0. The van der Waals surface area contributed by atoms with Crippen LogP contribution in [-0.4, -0.2) is 23.1 Å². The second kappa shape index (κ2) is 27.0. The van der Waals surface area contributed by atoms with Crippen LogP contribution in [0, 0.1) is 131 Å². The molecule has 4 heteroatoms. The summed E-state index contributed by atoms with van der Waals surface area (Å²) in [6, 6.07) is 6.71. The van der Waals surface area contributed by atoms with Gasteiger partial charge < -0.3 is 9.84 Å². The minimum absolute atomic E-state index is 0.0230. The first-order valence-corrected chi connectivity index (χ1v) is 18.0. The van der Waals surface area contributed by atoms with Crippen LogP contribution < -0.4 is 4.74 Å². The summed E-state index contributed by atoms with van der Waals surface area (Å²) in [5.41, 5.74) is 2.71. The van der Waals surface area contributed by atoms with Crippen molar-refractivity contribution in [3.05, 3.63) is 71.0 Å². The van der Waals surface area contributed by atoms with E-state index in [0.29, 0.717) is 22.5 Å². The van der Waals surface area contributed by atoms with Crippen LogP contribution in [0.1, 0.15) is 83.1 Å². The summed E-state index contributed by atoms with van der Waals surface area (Å²) in [6.07, 6.45) is 29.2. The molecule has 2 aliphatic rings. The lowest BCUT2D eigenvalue weighted by Gasteiger charge is -2.23. The highest BCUT2D eigenvalue weighted by Gasteiger charge is 2.36. The van der Waals surface area contributed by atoms with Gasteiger partial charge in [0.15, 0.2) is 0 Å². The smallest absolute Gasteiger partial charge is 0.201 e. The SMILES string of the molecule is C#CC#CC#CC#CC#CC#CC#CC#CC#CC#CC#COc1ccc(C2=C(O)C(=C3C=CC(=NCCCCCCCCCCCCC)C=C3)C2=O)cc1. The van der Waals surface area contributed by atoms with Crippen LogP contribution in [0.2, 0.25) is 0 Å². The Morgan fingerprint density at radius 3 is 1.45 bits per heavy atom. The van der Waals surface area contributed by atoms with E-state index in [4.69, 9.17) is 11.2 Å². The number of nitrogens with zero attached hydrogens (tertiary/aromatic N) is 1. The molecule has 2 aliphatic carbocycles. The van der Waals surface area contributed by atoms with E-state index >= 15 is 0 Å². The van der Waals surface area contributed by atoms with Crippen molar-refractivity contribution in [1.82, 2.24) is 0 Å². The van der Waals surface area contributed by atoms with Gasteiger partial charge in [-0.3, -0.25) is 9.79 Å². The zero-order valence-electron chi connectivity index (χ0n) is 30.9. The van der Waals surface area contributed by atoms with Crippen LogP contribution in [0.5, 0.6) is 5.75 Å². The molecule has 0 spiro atoms. The summed E-state index contributed by atoms with van der Waals surface area (Å²) in [7, 11) is 0. The minimum atomic E-state index is -0.210. The molecular formula is C51H37NO3. The van der Waals surface area contributed by atoms with E-state index in [-0.39, 0.29) is 17.1 Å². The number of benzene rings is 1. The standard InChI is InChI=1S/C51H37NO3/c1-3-5-7-9-11-13-15-16-17-18-19-20-21-22-23-25-27-29-31-33-43-55-47-40-36-45(37-41-47)49-50(53)48(51(49)54)44-34-38-46(39-35-44)52-42-32-30-28-26-24-14-12-10-8-6-4-2/h1,34-41,53H,4,6,8,10,12,14,24,26,28,30,32,42H2,2H3. The zero-order valence-corrected chi connectivity index (χ0v) is 30.9. The van der Waals surface area contributed by atoms with Gasteiger partial charge >= 0.3 is 0 Å². The fraction of sp³-hybridized carbons (Fsp3) is 0.255.